The molecular weight excluding hydrogens is 458 g/mol. The third-order valence-electron chi connectivity index (χ3n) is 5.48. The Morgan fingerprint density at radius 1 is 1.03 bits per heavy atom. The number of amides is 1. The van der Waals surface area contributed by atoms with Crippen LogP contribution in [0.3, 0.4) is 0 Å². The summed E-state index contributed by atoms with van der Waals surface area (Å²) in [6.45, 7) is 2.45. The lowest BCUT2D eigenvalue weighted by atomic mass is 10.1. The summed E-state index contributed by atoms with van der Waals surface area (Å²) in [6, 6.07) is 23.2. The average molecular weight is 482 g/mol. The topological polar surface area (TPSA) is 72.6 Å². The summed E-state index contributed by atoms with van der Waals surface area (Å²) in [7, 11) is 1.64. The Morgan fingerprint density at radius 3 is 2.49 bits per heavy atom. The predicted octanol–water partition coefficient (Wildman–Crippen LogP) is 5.57. The van der Waals surface area contributed by atoms with Crippen LogP contribution in [0.4, 0.5) is 5.82 Å². The van der Waals surface area contributed by atoms with Crippen LogP contribution in [0.15, 0.2) is 95.1 Å². The number of hydrogen-bond donors (Lipinski definition) is 0. The smallest absolute Gasteiger partial charge is 0.266 e. The number of carbonyl (C=O) groups excluding carboxylic acids is 1. The number of thioether (sulfide) groups is 1. The molecule has 8 heteroatoms. The minimum atomic E-state index is -0.0830. The first-order chi connectivity index (χ1) is 17.2. The van der Waals surface area contributed by atoms with Crippen molar-refractivity contribution in [2.24, 2.45) is 4.99 Å². The lowest BCUT2D eigenvalue weighted by Crippen LogP contribution is -2.28. The Balaban J connectivity index is 1.57. The number of amidine groups is 1. The van der Waals surface area contributed by atoms with Crippen molar-refractivity contribution in [3.05, 3.63) is 95.7 Å². The molecule has 5 rings (SSSR count). The van der Waals surface area contributed by atoms with E-state index in [9.17, 15) is 4.79 Å². The molecule has 0 saturated carbocycles. The van der Waals surface area contributed by atoms with Crippen molar-refractivity contribution in [1.29, 1.82) is 0 Å². The maximum absolute atomic E-state index is 13.2. The molecule has 1 aliphatic rings. The van der Waals surface area contributed by atoms with E-state index in [4.69, 9.17) is 9.84 Å². The molecule has 0 spiro atoms. The van der Waals surface area contributed by atoms with Gasteiger partial charge in [0.05, 0.1) is 23.4 Å². The Bertz CT molecular complexity index is 1400. The van der Waals surface area contributed by atoms with Crippen LogP contribution in [-0.2, 0) is 4.79 Å². The summed E-state index contributed by atoms with van der Waals surface area (Å²) in [5.41, 5.74) is 3.47. The van der Waals surface area contributed by atoms with E-state index in [2.05, 4.69) is 9.98 Å². The number of carbonyl (C=O) groups is 1. The van der Waals surface area contributed by atoms with Crippen molar-refractivity contribution in [3.63, 3.8) is 0 Å². The molecule has 2 aromatic carbocycles. The van der Waals surface area contributed by atoms with Gasteiger partial charge in [-0.25, -0.2) is 14.7 Å². The number of ether oxygens (including phenoxy) is 1. The second-order valence-corrected chi connectivity index (χ2v) is 8.69. The summed E-state index contributed by atoms with van der Waals surface area (Å²) in [6.07, 6.45) is 5.52. The van der Waals surface area contributed by atoms with Crippen molar-refractivity contribution < 1.29 is 9.53 Å². The van der Waals surface area contributed by atoms with Gasteiger partial charge in [0.1, 0.15) is 5.75 Å². The van der Waals surface area contributed by atoms with Crippen molar-refractivity contribution in [2.75, 3.05) is 13.7 Å². The molecule has 4 aromatic rings. The highest BCUT2D eigenvalue weighted by Crippen LogP contribution is 2.36. The molecule has 1 aliphatic heterocycles. The highest BCUT2D eigenvalue weighted by molar-refractivity contribution is 8.18. The maximum Gasteiger partial charge on any atom is 0.266 e. The molecular formula is C27H23N5O2S. The standard InChI is InChI=1S/C27H23N5O2S/c1-3-31-26(33)23(35-27(31)29-24-11-7-8-16-28-24)17-20-18-32(21-9-5-4-6-10-21)30-25(20)19-12-14-22(34-2)15-13-19/h4-18H,3H2,1-2H3/b23-17-,29-27+. The second kappa shape index (κ2) is 9.99. The number of hydrogen-bond acceptors (Lipinski definition) is 6. The first-order valence-corrected chi connectivity index (χ1v) is 12.0. The van der Waals surface area contributed by atoms with Crippen molar-refractivity contribution >= 4 is 34.7 Å². The van der Waals surface area contributed by atoms with Crippen LogP contribution in [0.1, 0.15) is 12.5 Å². The van der Waals surface area contributed by atoms with Crippen LogP contribution in [0.2, 0.25) is 0 Å². The second-order valence-electron chi connectivity index (χ2n) is 7.68. The molecule has 0 unspecified atom stereocenters. The fourth-order valence-corrected chi connectivity index (χ4v) is 4.75. The largest absolute Gasteiger partial charge is 0.497 e. The summed E-state index contributed by atoms with van der Waals surface area (Å²) in [5, 5.41) is 5.47. The average Bonchev–Trinajstić information content (AvgIpc) is 3.46. The van der Waals surface area contributed by atoms with Gasteiger partial charge in [-0.3, -0.25) is 9.69 Å². The minimum Gasteiger partial charge on any atom is -0.497 e. The highest BCUT2D eigenvalue weighted by atomic mass is 32.2. The fraction of sp³-hybridized carbons (Fsp3) is 0.111. The zero-order valence-corrected chi connectivity index (χ0v) is 20.1. The van der Waals surface area contributed by atoms with E-state index in [1.54, 1.807) is 18.2 Å². The van der Waals surface area contributed by atoms with Crippen molar-refractivity contribution in [1.82, 2.24) is 19.7 Å². The summed E-state index contributed by atoms with van der Waals surface area (Å²) in [5.74, 6) is 1.25. The zero-order chi connectivity index (χ0) is 24.2. The third kappa shape index (κ3) is 4.74. The lowest BCUT2D eigenvalue weighted by molar-refractivity contribution is -0.122. The number of nitrogens with zero attached hydrogens (tertiary/aromatic N) is 5. The first kappa shape index (κ1) is 22.6. The SMILES string of the molecule is CCN1C(=O)/C(=C/c2cn(-c3ccccc3)nc2-c2ccc(OC)cc2)S/C1=N/c1ccccn1. The molecule has 0 N–H and O–H groups in total. The molecule has 0 aliphatic carbocycles. The van der Waals surface area contributed by atoms with Crippen LogP contribution in [0.25, 0.3) is 23.0 Å². The molecule has 35 heavy (non-hydrogen) atoms. The lowest BCUT2D eigenvalue weighted by Gasteiger charge is -2.11. The fourth-order valence-electron chi connectivity index (χ4n) is 3.71. The zero-order valence-electron chi connectivity index (χ0n) is 19.3. The summed E-state index contributed by atoms with van der Waals surface area (Å²) in [4.78, 5) is 24.4. The van der Waals surface area contributed by atoms with E-state index in [0.29, 0.717) is 22.4 Å². The molecule has 174 valence electrons. The van der Waals surface area contributed by atoms with Gasteiger partial charge in [0.2, 0.25) is 0 Å². The quantitative estimate of drug-likeness (QED) is 0.337. The summed E-state index contributed by atoms with van der Waals surface area (Å²) >= 11 is 1.35. The van der Waals surface area contributed by atoms with Gasteiger partial charge in [0.25, 0.3) is 5.91 Å². The van der Waals surface area contributed by atoms with Gasteiger partial charge in [0.15, 0.2) is 11.0 Å². The Morgan fingerprint density at radius 2 is 1.80 bits per heavy atom. The van der Waals surface area contributed by atoms with Crippen molar-refractivity contribution in [3.8, 4) is 22.7 Å². The normalized spacial score (nSPS) is 15.8. The van der Waals surface area contributed by atoms with Gasteiger partial charge in [0, 0.05) is 30.1 Å². The molecule has 7 nitrogen and oxygen atoms in total. The van der Waals surface area contributed by atoms with Crippen LogP contribution in [0.5, 0.6) is 5.75 Å². The molecule has 0 bridgehead atoms. The molecule has 1 saturated heterocycles. The van der Waals surface area contributed by atoms with Crippen LogP contribution in [0, 0.1) is 0 Å². The minimum absolute atomic E-state index is 0.0830. The van der Waals surface area contributed by atoms with Gasteiger partial charge in [-0.05, 0) is 73.3 Å². The van der Waals surface area contributed by atoms with Crippen LogP contribution in [-0.4, -0.2) is 44.4 Å². The van der Waals surface area contributed by atoms with E-state index < -0.39 is 0 Å². The molecule has 0 radical (unpaired) electrons. The van der Waals surface area contributed by atoms with Crippen LogP contribution >= 0.6 is 11.8 Å². The number of benzene rings is 2. The molecule has 3 heterocycles. The van der Waals surface area contributed by atoms with E-state index in [-0.39, 0.29) is 5.91 Å². The van der Waals surface area contributed by atoms with Crippen molar-refractivity contribution in [2.45, 2.75) is 6.92 Å². The maximum atomic E-state index is 13.2. The molecule has 2 aromatic heterocycles. The van der Waals surface area contributed by atoms with E-state index in [1.807, 2.05) is 96.7 Å². The summed E-state index contributed by atoms with van der Waals surface area (Å²) < 4.78 is 7.14. The number of rotatable bonds is 6. The van der Waals surface area contributed by atoms with Gasteiger partial charge in [-0.2, -0.15) is 5.10 Å². The number of para-hydroxylation sites is 1. The number of aromatic nitrogens is 3. The van der Waals surface area contributed by atoms with E-state index in [0.717, 1.165) is 28.3 Å². The Hall–Kier alpha value is -4.17. The molecule has 0 atom stereocenters. The molecule has 1 amide bonds. The Labute approximate surface area is 207 Å². The predicted molar refractivity (Wildman–Crippen MR) is 140 cm³/mol. The number of pyridine rings is 1. The van der Waals surface area contributed by atoms with Crippen LogP contribution < -0.4 is 4.74 Å². The van der Waals surface area contributed by atoms with Gasteiger partial charge >= 0.3 is 0 Å². The highest BCUT2D eigenvalue weighted by Gasteiger charge is 2.32. The number of likely N-dealkylation sites (N-methyl/N-ethyl adjacent to an activating group) is 1. The molecule has 1 fully saturated rings. The first-order valence-electron chi connectivity index (χ1n) is 11.2. The Kier molecular flexibility index (Phi) is 6.45. The van der Waals surface area contributed by atoms with Gasteiger partial charge in [-0.1, -0.05) is 24.3 Å². The third-order valence-corrected chi connectivity index (χ3v) is 6.48. The monoisotopic (exact) mass is 481 g/mol. The van der Waals surface area contributed by atoms with E-state index >= 15 is 0 Å². The van der Waals surface area contributed by atoms with Gasteiger partial charge in [-0.15, -0.1) is 0 Å². The number of aliphatic imine (C=N–C) groups is 1. The number of methoxy groups -OCH3 is 1. The van der Waals surface area contributed by atoms with Gasteiger partial charge < -0.3 is 4.74 Å². The van der Waals surface area contributed by atoms with E-state index in [1.165, 1.54) is 11.8 Å².